The third-order valence-corrected chi connectivity index (χ3v) is 5.71. The van der Waals surface area contributed by atoms with Crippen LogP contribution in [0.4, 0.5) is 5.69 Å². The number of anilines is 1. The van der Waals surface area contributed by atoms with Gasteiger partial charge in [0, 0.05) is 6.54 Å². The molecule has 0 saturated carbocycles. The number of hydrogen-bond donors (Lipinski definition) is 1. The fraction of sp³-hybridized carbons (Fsp3) is 0.294. The van der Waals surface area contributed by atoms with Crippen LogP contribution in [0.15, 0.2) is 47.1 Å². The van der Waals surface area contributed by atoms with Gasteiger partial charge in [-0.3, -0.25) is 9.10 Å². The summed E-state index contributed by atoms with van der Waals surface area (Å²) in [6.07, 6.45) is 2.04. The van der Waals surface area contributed by atoms with Gasteiger partial charge in [0.25, 0.3) is 5.91 Å². The molecular weight excluding hydrogens is 360 g/mol. The molecule has 1 saturated heterocycles. The summed E-state index contributed by atoms with van der Waals surface area (Å²) >= 11 is 0. The zero-order chi connectivity index (χ0) is 18.6. The minimum absolute atomic E-state index is 0.0948. The normalized spacial score (nSPS) is 15.6. The number of nitrogens with one attached hydrogen (secondary N) is 1. The van der Waals surface area contributed by atoms with Gasteiger partial charge in [-0.1, -0.05) is 6.07 Å². The fourth-order valence-electron chi connectivity index (χ4n) is 2.58. The molecule has 138 valence electrons. The van der Waals surface area contributed by atoms with E-state index in [4.69, 9.17) is 9.15 Å². The van der Waals surface area contributed by atoms with Gasteiger partial charge in [0.2, 0.25) is 10.0 Å². The van der Waals surface area contributed by atoms with Crippen LogP contribution in [0.5, 0.6) is 0 Å². The molecule has 0 spiro atoms. The molecule has 0 atom stereocenters. The standard InChI is InChI=1S/C17H18N2O6S/c20-16(18-11-15-6-2-8-24-15)12-25-17(21)13-4-1-5-14(10-13)19-7-3-9-26(19,22)23/h1-2,4-6,8,10H,3,7,9,11-12H2,(H,18,20). The molecule has 1 aromatic heterocycles. The highest BCUT2D eigenvalue weighted by atomic mass is 32.2. The van der Waals surface area contributed by atoms with Crippen LogP contribution in [0.2, 0.25) is 0 Å². The van der Waals surface area contributed by atoms with Crippen LogP contribution in [0, 0.1) is 0 Å². The maximum atomic E-state index is 12.1. The number of rotatable bonds is 6. The van der Waals surface area contributed by atoms with Gasteiger partial charge in [-0.05, 0) is 36.8 Å². The molecule has 1 aliphatic rings. The van der Waals surface area contributed by atoms with E-state index in [1.807, 2.05) is 0 Å². The Morgan fingerprint density at radius 2 is 2.08 bits per heavy atom. The molecule has 26 heavy (non-hydrogen) atoms. The lowest BCUT2D eigenvalue weighted by Crippen LogP contribution is -2.28. The number of hydrogen-bond acceptors (Lipinski definition) is 6. The first kappa shape index (κ1) is 18.0. The van der Waals surface area contributed by atoms with Crippen LogP contribution in [0.1, 0.15) is 22.5 Å². The molecule has 2 heterocycles. The van der Waals surface area contributed by atoms with Crippen molar-refractivity contribution in [3.05, 3.63) is 54.0 Å². The summed E-state index contributed by atoms with van der Waals surface area (Å²) in [5, 5.41) is 2.56. The maximum absolute atomic E-state index is 12.1. The largest absolute Gasteiger partial charge is 0.467 e. The average Bonchev–Trinajstić information content (AvgIpc) is 3.26. The second-order valence-electron chi connectivity index (χ2n) is 5.72. The van der Waals surface area contributed by atoms with Crippen LogP contribution >= 0.6 is 0 Å². The van der Waals surface area contributed by atoms with E-state index in [2.05, 4.69) is 5.32 Å². The summed E-state index contributed by atoms with van der Waals surface area (Å²) in [5.41, 5.74) is 0.600. The van der Waals surface area contributed by atoms with Gasteiger partial charge in [0.05, 0.1) is 29.8 Å². The van der Waals surface area contributed by atoms with E-state index in [1.165, 1.54) is 22.7 Å². The Hall–Kier alpha value is -2.81. The number of esters is 1. The van der Waals surface area contributed by atoms with Crippen molar-refractivity contribution in [2.45, 2.75) is 13.0 Å². The molecule has 1 aromatic carbocycles. The first-order valence-electron chi connectivity index (χ1n) is 8.02. The van der Waals surface area contributed by atoms with Gasteiger partial charge in [-0.2, -0.15) is 0 Å². The molecule has 0 aliphatic carbocycles. The molecule has 2 aromatic rings. The second-order valence-corrected chi connectivity index (χ2v) is 7.74. The zero-order valence-corrected chi connectivity index (χ0v) is 14.7. The highest BCUT2D eigenvalue weighted by Gasteiger charge is 2.28. The molecule has 0 radical (unpaired) electrons. The van der Waals surface area contributed by atoms with Gasteiger partial charge in [-0.25, -0.2) is 13.2 Å². The molecule has 1 fully saturated rings. The Morgan fingerprint density at radius 1 is 1.23 bits per heavy atom. The topological polar surface area (TPSA) is 106 Å². The van der Waals surface area contributed by atoms with Gasteiger partial charge in [0.1, 0.15) is 5.76 Å². The smallest absolute Gasteiger partial charge is 0.338 e. The number of amides is 1. The summed E-state index contributed by atoms with van der Waals surface area (Å²) in [5.74, 6) is -0.480. The summed E-state index contributed by atoms with van der Waals surface area (Å²) in [6.45, 7) is 0.146. The first-order valence-corrected chi connectivity index (χ1v) is 9.63. The van der Waals surface area contributed by atoms with E-state index < -0.39 is 28.5 Å². The third kappa shape index (κ3) is 4.23. The lowest BCUT2D eigenvalue weighted by atomic mass is 10.2. The van der Waals surface area contributed by atoms with Crippen molar-refractivity contribution >= 4 is 27.6 Å². The monoisotopic (exact) mass is 378 g/mol. The van der Waals surface area contributed by atoms with Crippen molar-refractivity contribution in [2.75, 3.05) is 23.2 Å². The van der Waals surface area contributed by atoms with Crippen LogP contribution in [0.3, 0.4) is 0 Å². The minimum Gasteiger partial charge on any atom is -0.467 e. The van der Waals surface area contributed by atoms with Gasteiger partial charge >= 0.3 is 5.97 Å². The molecule has 0 unspecified atom stereocenters. The number of sulfonamides is 1. The van der Waals surface area contributed by atoms with Crippen LogP contribution < -0.4 is 9.62 Å². The Labute approximate surface area is 150 Å². The van der Waals surface area contributed by atoms with Crippen LogP contribution in [-0.4, -0.2) is 39.2 Å². The van der Waals surface area contributed by atoms with Crippen molar-refractivity contribution in [3.63, 3.8) is 0 Å². The molecule has 9 heteroatoms. The van der Waals surface area contributed by atoms with E-state index in [-0.39, 0.29) is 17.9 Å². The van der Waals surface area contributed by atoms with E-state index in [1.54, 1.807) is 24.3 Å². The van der Waals surface area contributed by atoms with Crippen LogP contribution in [-0.2, 0) is 26.1 Å². The lowest BCUT2D eigenvalue weighted by molar-refractivity contribution is -0.124. The summed E-state index contributed by atoms with van der Waals surface area (Å²) in [7, 11) is -3.33. The predicted molar refractivity (Wildman–Crippen MR) is 93.0 cm³/mol. The van der Waals surface area contributed by atoms with E-state index in [0.29, 0.717) is 24.4 Å². The summed E-state index contributed by atoms with van der Waals surface area (Å²) < 4.78 is 35.3. The molecule has 1 N–H and O–H groups in total. The molecule has 0 bridgehead atoms. The van der Waals surface area contributed by atoms with E-state index >= 15 is 0 Å². The highest BCUT2D eigenvalue weighted by molar-refractivity contribution is 7.93. The summed E-state index contributed by atoms with van der Waals surface area (Å²) in [4.78, 5) is 23.8. The van der Waals surface area contributed by atoms with Crippen molar-refractivity contribution < 1.29 is 27.2 Å². The molecule has 1 aliphatic heterocycles. The van der Waals surface area contributed by atoms with E-state index in [9.17, 15) is 18.0 Å². The van der Waals surface area contributed by atoms with Crippen molar-refractivity contribution in [1.82, 2.24) is 5.32 Å². The fourth-order valence-corrected chi connectivity index (χ4v) is 4.14. The Morgan fingerprint density at radius 3 is 2.77 bits per heavy atom. The molecular formula is C17H18N2O6S. The first-order chi connectivity index (χ1) is 12.5. The SMILES string of the molecule is O=C(COC(=O)c1cccc(N2CCCS2(=O)=O)c1)NCc1ccco1. The highest BCUT2D eigenvalue weighted by Crippen LogP contribution is 2.24. The zero-order valence-electron chi connectivity index (χ0n) is 13.9. The van der Waals surface area contributed by atoms with Gasteiger partial charge in [0.15, 0.2) is 6.61 Å². The number of furan rings is 1. The van der Waals surface area contributed by atoms with Crippen LogP contribution in [0.25, 0.3) is 0 Å². The Balaban J connectivity index is 1.56. The maximum Gasteiger partial charge on any atom is 0.338 e. The summed E-state index contributed by atoms with van der Waals surface area (Å²) in [6, 6.07) is 9.58. The average molecular weight is 378 g/mol. The minimum atomic E-state index is -3.33. The lowest BCUT2D eigenvalue weighted by Gasteiger charge is -2.17. The predicted octanol–water partition coefficient (Wildman–Crippen LogP) is 1.29. The van der Waals surface area contributed by atoms with Crippen molar-refractivity contribution in [1.29, 1.82) is 0 Å². The quantitative estimate of drug-likeness (QED) is 0.760. The number of carbonyl (C=O) groups excluding carboxylic acids is 2. The van der Waals surface area contributed by atoms with E-state index in [0.717, 1.165) is 0 Å². The van der Waals surface area contributed by atoms with Crippen molar-refractivity contribution in [2.24, 2.45) is 0 Å². The Kier molecular flexibility index (Phi) is 5.27. The number of carbonyl (C=O) groups is 2. The molecule has 1 amide bonds. The number of ether oxygens (including phenoxy) is 1. The van der Waals surface area contributed by atoms with Crippen molar-refractivity contribution in [3.8, 4) is 0 Å². The molecule has 8 nitrogen and oxygen atoms in total. The molecule has 3 rings (SSSR count). The Bertz CT molecular complexity index is 892. The third-order valence-electron chi connectivity index (χ3n) is 3.84. The van der Waals surface area contributed by atoms with Gasteiger partial charge in [-0.15, -0.1) is 0 Å². The number of benzene rings is 1. The number of nitrogens with zero attached hydrogens (tertiary/aromatic N) is 1. The van der Waals surface area contributed by atoms with Gasteiger partial charge < -0.3 is 14.5 Å². The second kappa shape index (κ2) is 7.61.